The van der Waals surface area contributed by atoms with Crippen LogP contribution in [0.1, 0.15) is 57.2 Å². The van der Waals surface area contributed by atoms with Crippen molar-refractivity contribution in [2.24, 2.45) is 11.7 Å². The van der Waals surface area contributed by atoms with Crippen LogP contribution in [0.3, 0.4) is 0 Å². The van der Waals surface area contributed by atoms with Crippen LogP contribution < -0.4 is 5.73 Å². The van der Waals surface area contributed by atoms with Crippen molar-refractivity contribution in [3.05, 3.63) is 18.2 Å². The molecule has 2 aliphatic rings. The Labute approximate surface area is 122 Å². The molecule has 3 rings (SSSR count). The topological polar surface area (TPSA) is 47.1 Å². The van der Waals surface area contributed by atoms with E-state index in [0.717, 1.165) is 24.9 Å². The Hall–Kier alpha value is -0.870. The van der Waals surface area contributed by atoms with E-state index >= 15 is 0 Å². The zero-order chi connectivity index (χ0) is 13.9. The second kappa shape index (κ2) is 6.27. The van der Waals surface area contributed by atoms with E-state index in [0.29, 0.717) is 12.6 Å². The molecule has 20 heavy (non-hydrogen) atoms. The quantitative estimate of drug-likeness (QED) is 0.899. The van der Waals surface area contributed by atoms with Crippen molar-refractivity contribution in [1.82, 2.24) is 14.5 Å². The third-order valence-corrected chi connectivity index (χ3v) is 5.23. The third kappa shape index (κ3) is 2.51. The summed E-state index contributed by atoms with van der Waals surface area (Å²) < 4.78 is 2.30. The summed E-state index contributed by atoms with van der Waals surface area (Å²) in [7, 11) is 0. The first-order chi connectivity index (χ1) is 9.85. The van der Waals surface area contributed by atoms with E-state index in [1.54, 1.807) is 0 Å². The van der Waals surface area contributed by atoms with Gasteiger partial charge in [-0.3, -0.25) is 4.90 Å². The Morgan fingerprint density at radius 1 is 1.35 bits per heavy atom. The molecule has 1 saturated carbocycles. The fourth-order valence-electron chi connectivity index (χ4n) is 4.29. The lowest BCUT2D eigenvalue weighted by molar-refractivity contribution is 0.131. The van der Waals surface area contributed by atoms with Gasteiger partial charge in [0.05, 0.1) is 18.1 Å². The Balaban J connectivity index is 1.80. The van der Waals surface area contributed by atoms with Crippen molar-refractivity contribution >= 4 is 0 Å². The Morgan fingerprint density at radius 3 is 3.00 bits per heavy atom. The number of hydrogen-bond acceptors (Lipinski definition) is 3. The highest BCUT2D eigenvalue weighted by molar-refractivity contribution is 5.09. The van der Waals surface area contributed by atoms with Gasteiger partial charge in [-0.05, 0) is 38.1 Å². The lowest BCUT2D eigenvalue weighted by Crippen LogP contribution is -2.41. The summed E-state index contributed by atoms with van der Waals surface area (Å²) in [6.45, 7) is 5.19. The van der Waals surface area contributed by atoms with Crippen LogP contribution in [0.5, 0.6) is 0 Å². The highest BCUT2D eigenvalue weighted by Gasteiger charge is 2.39. The molecule has 3 unspecified atom stereocenters. The number of hydrogen-bond donors (Lipinski definition) is 1. The monoisotopic (exact) mass is 276 g/mol. The molecular weight excluding hydrogens is 248 g/mol. The van der Waals surface area contributed by atoms with Crippen LogP contribution in [0.4, 0.5) is 0 Å². The van der Waals surface area contributed by atoms with Crippen molar-refractivity contribution in [2.75, 3.05) is 13.1 Å². The average molecular weight is 276 g/mol. The summed E-state index contributed by atoms with van der Waals surface area (Å²) in [6.07, 6.45) is 12.1. The van der Waals surface area contributed by atoms with Crippen LogP contribution in [0, 0.1) is 5.92 Å². The molecule has 2 N–H and O–H groups in total. The van der Waals surface area contributed by atoms with E-state index in [9.17, 15) is 0 Å². The van der Waals surface area contributed by atoms with Crippen LogP contribution in [0.25, 0.3) is 0 Å². The largest absolute Gasteiger partial charge is 0.333 e. The molecule has 2 fully saturated rings. The smallest absolute Gasteiger partial charge is 0.0948 e. The molecule has 0 bridgehead atoms. The van der Waals surface area contributed by atoms with Crippen LogP contribution in [0.2, 0.25) is 0 Å². The van der Waals surface area contributed by atoms with E-state index in [4.69, 9.17) is 5.73 Å². The maximum atomic E-state index is 6.15. The molecule has 2 heterocycles. The molecular formula is C16H28N4. The van der Waals surface area contributed by atoms with Gasteiger partial charge in [-0.25, -0.2) is 4.98 Å². The summed E-state index contributed by atoms with van der Waals surface area (Å²) in [6, 6.07) is 1.12. The lowest BCUT2D eigenvalue weighted by Gasteiger charge is -2.36. The standard InChI is InChI=1S/C16H28N4/c1-2-8-19-12-18-11-16(19)15(10-17)20-9-7-13-5-3-4-6-14(13)20/h11-15H,2-10,17H2,1H3. The summed E-state index contributed by atoms with van der Waals surface area (Å²) in [5.74, 6) is 0.917. The molecule has 4 nitrogen and oxygen atoms in total. The first-order valence-electron chi connectivity index (χ1n) is 8.31. The van der Waals surface area contributed by atoms with Crippen LogP contribution in [0.15, 0.2) is 12.5 Å². The molecule has 0 radical (unpaired) electrons. The number of likely N-dealkylation sites (tertiary alicyclic amines) is 1. The predicted octanol–water partition coefficient (Wildman–Crippen LogP) is 2.56. The molecule has 0 aromatic carbocycles. The van der Waals surface area contributed by atoms with E-state index < -0.39 is 0 Å². The summed E-state index contributed by atoms with van der Waals surface area (Å²) >= 11 is 0. The molecule has 1 aliphatic heterocycles. The number of fused-ring (bicyclic) bond motifs is 1. The van der Waals surface area contributed by atoms with Crippen LogP contribution in [-0.2, 0) is 6.54 Å². The number of nitrogens with two attached hydrogens (primary N) is 1. The highest BCUT2D eigenvalue weighted by atomic mass is 15.2. The van der Waals surface area contributed by atoms with E-state index in [2.05, 4.69) is 21.4 Å². The average Bonchev–Trinajstić information content (AvgIpc) is 3.09. The van der Waals surface area contributed by atoms with Gasteiger partial charge in [-0.1, -0.05) is 19.8 Å². The Kier molecular flexibility index (Phi) is 4.41. The fourth-order valence-corrected chi connectivity index (χ4v) is 4.29. The first kappa shape index (κ1) is 14.1. The van der Waals surface area contributed by atoms with Gasteiger partial charge < -0.3 is 10.3 Å². The van der Waals surface area contributed by atoms with Gasteiger partial charge in [-0.15, -0.1) is 0 Å². The number of nitrogens with zero attached hydrogens (tertiary/aromatic N) is 3. The molecule has 3 atom stereocenters. The second-order valence-electron chi connectivity index (χ2n) is 6.40. The molecule has 1 aromatic heterocycles. The maximum Gasteiger partial charge on any atom is 0.0948 e. The van der Waals surface area contributed by atoms with Crippen molar-refractivity contribution in [3.63, 3.8) is 0 Å². The first-order valence-corrected chi connectivity index (χ1v) is 8.31. The van der Waals surface area contributed by atoms with Gasteiger partial charge in [-0.2, -0.15) is 0 Å². The lowest BCUT2D eigenvalue weighted by atomic mass is 9.85. The van der Waals surface area contributed by atoms with Crippen molar-refractivity contribution in [2.45, 2.75) is 64.1 Å². The number of rotatable bonds is 5. The molecule has 1 aliphatic carbocycles. The Bertz CT molecular complexity index is 428. The molecule has 0 amide bonds. The summed E-state index contributed by atoms with van der Waals surface area (Å²) in [5, 5.41) is 0. The third-order valence-electron chi connectivity index (χ3n) is 5.23. The zero-order valence-electron chi connectivity index (χ0n) is 12.7. The number of aromatic nitrogens is 2. The van der Waals surface area contributed by atoms with Crippen molar-refractivity contribution < 1.29 is 0 Å². The number of aryl methyl sites for hydroxylation is 1. The van der Waals surface area contributed by atoms with Gasteiger partial charge in [0, 0.05) is 25.3 Å². The van der Waals surface area contributed by atoms with Gasteiger partial charge in [0.2, 0.25) is 0 Å². The summed E-state index contributed by atoms with van der Waals surface area (Å²) in [5.41, 5.74) is 7.47. The second-order valence-corrected chi connectivity index (χ2v) is 6.40. The van der Waals surface area contributed by atoms with Gasteiger partial charge >= 0.3 is 0 Å². The van der Waals surface area contributed by atoms with Gasteiger partial charge in [0.1, 0.15) is 0 Å². The molecule has 112 valence electrons. The van der Waals surface area contributed by atoms with E-state index in [-0.39, 0.29) is 0 Å². The van der Waals surface area contributed by atoms with Crippen LogP contribution >= 0.6 is 0 Å². The highest BCUT2D eigenvalue weighted by Crippen LogP contribution is 2.40. The minimum Gasteiger partial charge on any atom is -0.333 e. The maximum absolute atomic E-state index is 6.15. The minimum absolute atomic E-state index is 0.358. The molecule has 0 spiro atoms. The van der Waals surface area contributed by atoms with Gasteiger partial charge in [0.25, 0.3) is 0 Å². The molecule has 1 aromatic rings. The Morgan fingerprint density at radius 2 is 2.20 bits per heavy atom. The van der Waals surface area contributed by atoms with Crippen LogP contribution in [-0.4, -0.2) is 33.6 Å². The molecule has 4 heteroatoms. The van der Waals surface area contributed by atoms with Crippen molar-refractivity contribution in [1.29, 1.82) is 0 Å². The zero-order valence-corrected chi connectivity index (χ0v) is 12.7. The molecule has 1 saturated heterocycles. The van der Waals surface area contributed by atoms with Gasteiger partial charge in [0.15, 0.2) is 0 Å². The van der Waals surface area contributed by atoms with Crippen molar-refractivity contribution in [3.8, 4) is 0 Å². The SMILES string of the molecule is CCCn1cncc1C(CN)N1CCC2CCCCC21. The van der Waals surface area contributed by atoms with E-state index in [1.807, 2.05) is 12.5 Å². The minimum atomic E-state index is 0.358. The normalized spacial score (nSPS) is 28.5. The predicted molar refractivity (Wildman–Crippen MR) is 81.4 cm³/mol. The summed E-state index contributed by atoms with van der Waals surface area (Å²) in [4.78, 5) is 7.05. The van der Waals surface area contributed by atoms with E-state index in [1.165, 1.54) is 44.3 Å². The fraction of sp³-hybridized carbons (Fsp3) is 0.812. The number of imidazole rings is 1.